The van der Waals surface area contributed by atoms with Crippen LogP contribution in [0.1, 0.15) is 85.0 Å². The van der Waals surface area contributed by atoms with Gasteiger partial charge in [-0.05, 0) is 62.7 Å². The van der Waals surface area contributed by atoms with Crippen LogP contribution in [0.2, 0.25) is 0 Å². The molecule has 0 radical (unpaired) electrons. The molecular weight excluding hydrogens is 514 g/mol. The van der Waals surface area contributed by atoms with Crippen LogP contribution in [0.5, 0.6) is 0 Å². The highest BCUT2D eigenvalue weighted by molar-refractivity contribution is 5.89. The van der Waals surface area contributed by atoms with Gasteiger partial charge in [-0.15, -0.1) is 13.2 Å². The predicted octanol–water partition coefficient (Wildman–Crippen LogP) is 5.51. The molecule has 2 rings (SSSR count). The van der Waals surface area contributed by atoms with Gasteiger partial charge in [0.1, 0.15) is 6.10 Å². The molecule has 3 amide bonds. The molecule has 3 unspecified atom stereocenters. The lowest BCUT2D eigenvalue weighted by molar-refractivity contribution is -0.124. The molecule has 0 spiro atoms. The van der Waals surface area contributed by atoms with Crippen molar-refractivity contribution >= 4 is 24.1 Å². The minimum absolute atomic E-state index is 0.00604. The van der Waals surface area contributed by atoms with Crippen molar-refractivity contribution in [1.29, 1.82) is 0 Å². The Morgan fingerprint density at radius 1 is 1.05 bits per heavy atom. The van der Waals surface area contributed by atoms with Crippen LogP contribution in [0.4, 0.5) is 14.4 Å². The molecule has 5 atom stereocenters. The third-order valence-corrected chi connectivity index (χ3v) is 7.64. The molecule has 0 aromatic carbocycles. The lowest BCUT2D eigenvalue weighted by atomic mass is 9.82. The summed E-state index contributed by atoms with van der Waals surface area (Å²) < 4.78 is 16.0. The van der Waals surface area contributed by atoms with Gasteiger partial charge in [0.25, 0.3) is 0 Å². The number of alkyl carbamates (subject to hydrolysis) is 2. The van der Waals surface area contributed by atoms with Crippen molar-refractivity contribution in [2.45, 2.75) is 109 Å². The number of rotatable bonds is 13. The van der Waals surface area contributed by atoms with Gasteiger partial charge in [-0.3, -0.25) is 4.79 Å². The number of allylic oxidation sites excluding steroid dienone is 2. The predicted molar refractivity (Wildman–Crippen MR) is 153 cm³/mol. The number of likely N-dealkylation sites (tertiary alicyclic amines) is 1. The van der Waals surface area contributed by atoms with Crippen LogP contribution in [-0.2, 0) is 19.0 Å². The number of nitrogens with zero attached hydrogens (tertiary/aromatic N) is 1. The van der Waals surface area contributed by atoms with Gasteiger partial charge in [-0.2, -0.15) is 0 Å². The van der Waals surface area contributed by atoms with E-state index < -0.39 is 41.8 Å². The summed E-state index contributed by atoms with van der Waals surface area (Å²) >= 11 is 0. The fraction of sp³-hybridized carbons (Fsp3) is 0.733. The number of unbranched alkanes of at least 4 members (excludes halogenated alkanes) is 2. The second-order valence-corrected chi connectivity index (χ2v) is 11.9. The van der Waals surface area contributed by atoms with Crippen LogP contribution in [0.25, 0.3) is 0 Å². The van der Waals surface area contributed by atoms with Crippen LogP contribution < -0.4 is 10.6 Å². The fourth-order valence-electron chi connectivity index (χ4n) is 5.55. The topological polar surface area (TPSA) is 123 Å². The number of carbonyl (C=O) groups excluding carboxylic acids is 4. The summed E-state index contributed by atoms with van der Waals surface area (Å²) in [6, 6.07) is -1.72. The zero-order valence-corrected chi connectivity index (χ0v) is 24.7. The first-order valence-corrected chi connectivity index (χ1v) is 14.5. The van der Waals surface area contributed by atoms with E-state index in [4.69, 9.17) is 14.2 Å². The van der Waals surface area contributed by atoms with Crippen molar-refractivity contribution < 1.29 is 33.4 Å². The number of hydrogen-bond donors (Lipinski definition) is 2. The van der Waals surface area contributed by atoms with E-state index in [0.29, 0.717) is 12.8 Å². The second-order valence-electron chi connectivity index (χ2n) is 11.9. The molecule has 10 heteroatoms. The highest BCUT2D eigenvalue weighted by atomic mass is 16.6. The molecule has 2 fully saturated rings. The number of methoxy groups -OCH3 is 1. The molecule has 2 N–H and O–H groups in total. The van der Waals surface area contributed by atoms with E-state index in [1.165, 1.54) is 12.0 Å². The van der Waals surface area contributed by atoms with Crippen molar-refractivity contribution in [3.05, 3.63) is 25.3 Å². The quantitative estimate of drug-likeness (QED) is 0.172. The fourth-order valence-corrected chi connectivity index (χ4v) is 5.55. The number of ether oxygens (including phenoxy) is 3. The Balaban J connectivity index is 2.00. The van der Waals surface area contributed by atoms with Gasteiger partial charge in [0.15, 0.2) is 5.78 Å². The average Bonchev–Trinajstić information content (AvgIpc) is 3.28. The highest BCUT2D eigenvalue weighted by Gasteiger charge is 2.41. The highest BCUT2D eigenvalue weighted by Crippen LogP contribution is 2.30. The Morgan fingerprint density at radius 2 is 1.77 bits per heavy atom. The molecule has 0 aromatic heterocycles. The molecule has 10 nitrogen and oxygen atoms in total. The maximum absolute atomic E-state index is 13.5. The monoisotopic (exact) mass is 563 g/mol. The molecule has 0 bridgehead atoms. The van der Waals surface area contributed by atoms with E-state index in [0.717, 1.165) is 44.9 Å². The maximum Gasteiger partial charge on any atom is 0.409 e. The molecule has 1 aliphatic heterocycles. The third kappa shape index (κ3) is 10.5. The molecule has 2 aliphatic rings. The van der Waals surface area contributed by atoms with Gasteiger partial charge in [0.2, 0.25) is 0 Å². The first-order valence-electron chi connectivity index (χ1n) is 14.5. The van der Waals surface area contributed by atoms with Gasteiger partial charge < -0.3 is 29.7 Å². The largest absolute Gasteiger partial charge is 0.453 e. The van der Waals surface area contributed by atoms with Crippen LogP contribution in [-0.4, -0.2) is 73.5 Å². The summed E-state index contributed by atoms with van der Waals surface area (Å²) in [5, 5.41) is 5.61. The Kier molecular flexibility index (Phi) is 13.5. The summed E-state index contributed by atoms with van der Waals surface area (Å²) in [7, 11) is 1.28. The van der Waals surface area contributed by atoms with Gasteiger partial charge in [-0.25, -0.2) is 14.4 Å². The molecule has 226 valence electrons. The minimum atomic E-state index is -0.822. The minimum Gasteiger partial charge on any atom is -0.453 e. The Labute approximate surface area is 239 Å². The summed E-state index contributed by atoms with van der Waals surface area (Å²) in [4.78, 5) is 52.7. The standard InChI is InChI=1S/C30H49N3O7/c1-7-9-10-13-17-39-27(35)32-26(30(3,4)5)24(34)19-23-18-22(20-33(23)29(37)38-6)31-28(36)40-25-16-12-11-15-21(25)14-8-2/h7-8,21-23,25-26H,1-2,9-20H2,3-6H3,(H,31,36)(H,32,35)/t21?,22-,23?,25?,26-/m1/s1. The first-order chi connectivity index (χ1) is 19.0. The van der Waals surface area contributed by atoms with Gasteiger partial charge >= 0.3 is 18.3 Å². The van der Waals surface area contributed by atoms with Crippen molar-refractivity contribution in [2.24, 2.45) is 11.3 Å². The normalized spacial score (nSPS) is 23.4. The van der Waals surface area contributed by atoms with E-state index in [2.05, 4.69) is 23.8 Å². The summed E-state index contributed by atoms with van der Waals surface area (Å²) in [5.41, 5.74) is -0.586. The van der Waals surface area contributed by atoms with E-state index in [-0.39, 0.29) is 37.4 Å². The molecule has 40 heavy (non-hydrogen) atoms. The maximum atomic E-state index is 13.5. The van der Waals surface area contributed by atoms with Crippen LogP contribution >= 0.6 is 0 Å². The molecule has 1 heterocycles. The van der Waals surface area contributed by atoms with Crippen molar-refractivity contribution in [2.75, 3.05) is 20.3 Å². The first kappa shape index (κ1) is 33.2. The lowest BCUT2D eigenvalue weighted by Crippen LogP contribution is -2.51. The van der Waals surface area contributed by atoms with E-state index in [1.54, 1.807) is 0 Å². The Morgan fingerprint density at radius 3 is 2.42 bits per heavy atom. The summed E-state index contributed by atoms with van der Waals surface area (Å²) in [5.74, 6) is 0.0332. The number of carbonyl (C=O) groups is 4. The SMILES string of the molecule is C=CCCCCOC(=O)N[C@H](C(=O)CC1C[C@@H](NC(=O)OC2CCCCC2CC=C)CN1C(=O)OC)C(C)(C)C. The zero-order valence-electron chi connectivity index (χ0n) is 24.7. The number of ketones is 1. The number of nitrogens with one attached hydrogen (secondary N) is 2. The number of amides is 3. The van der Waals surface area contributed by atoms with E-state index >= 15 is 0 Å². The second kappa shape index (κ2) is 16.3. The van der Waals surface area contributed by atoms with Crippen molar-refractivity contribution in [3.8, 4) is 0 Å². The Bertz CT molecular complexity index is 885. The van der Waals surface area contributed by atoms with Crippen LogP contribution in [0.15, 0.2) is 25.3 Å². The molecule has 0 aromatic rings. The molecular formula is C30H49N3O7. The van der Waals surface area contributed by atoms with Crippen molar-refractivity contribution in [3.63, 3.8) is 0 Å². The molecule has 1 saturated carbocycles. The molecule has 1 saturated heterocycles. The van der Waals surface area contributed by atoms with Crippen LogP contribution in [0, 0.1) is 11.3 Å². The lowest BCUT2D eigenvalue weighted by Gasteiger charge is -2.31. The van der Waals surface area contributed by atoms with Crippen LogP contribution in [0.3, 0.4) is 0 Å². The number of Topliss-reactive ketones (excluding diaryl/α,β-unsaturated/α-hetero) is 1. The van der Waals surface area contributed by atoms with Crippen molar-refractivity contribution in [1.82, 2.24) is 15.5 Å². The van der Waals surface area contributed by atoms with Gasteiger partial charge in [0.05, 0.1) is 25.8 Å². The Hall–Kier alpha value is -3.04. The van der Waals surface area contributed by atoms with Gasteiger partial charge in [-0.1, -0.05) is 39.3 Å². The third-order valence-electron chi connectivity index (χ3n) is 7.64. The number of hydrogen-bond acceptors (Lipinski definition) is 7. The van der Waals surface area contributed by atoms with E-state index in [9.17, 15) is 19.2 Å². The average molecular weight is 564 g/mol. The smallest absolute Gasteiger partial charge is 0.409 e. The zero-order chi connectivity index (χ0) is 29.7. The van der Waals surface area contributed by atoms with E-state index in [1.807, 2.05) is 32.9 Å². The summed E-state index contributed by atoms with van der Waals surface area (Å²) in [6.45, 7) is 13.5. The summed E-state index contributed by atoms with van der Waals surface area (Å²) in [6.07, 6.45) is 9.28. The van der Waals surface area contributed by atoms with Gasteiger partial charge in [0, 0.05) is 19.0 Å². The molecule has 1 aliphatic carbocycles.